The van der Waals surface area contributed by atoms with Crippen LogP contribution in [-0.4, -0.2) is 35.2 Å². The molecule has 0 aromatic carbocycles. The van der Waals surface area contributed by atoms with Gasteiger partial charge in [0.05, 0.1) is 0 Å². The second-order valence-corrected chi connectivity index (χ2v) is 3.99. The molecule has 0 aliphatic heterocycles. The monoisotopic (exact) mass is 204 g/mol. The number of halogens is 1. The van der Waals surface area contributed by atoms with E-state index in [9.17, 15) is 3.74 Å². The second-order valence-electron chi connectivity index (χ2n) is 1.01. The van der Waals surface area contributed by atoms with E-state index in [-0.39, 0.29) is 12.5 Å². The van der Waals surface area contributed by atoms with Crippen molar-refractivity contribution in [2.45, 2.75) is 0 Å². The Labute approximate surface area is 54.8 Å². The third-order valence-corrected chi connectivity index (χ3v) is 1.58. The summed E-state index contributed by atoms with van der Waals surface area (Å²) in [6.45, 7) is -0.0922. The van der Waals surface area contributed by atoms with Crippen LogP contribution in [0.15, 0.2) is 0 Å². The Hall–Kier alpha value is 0.528. The molecule has 2 N–H and O–H groups in total. The van der Waals surface area contributed by atoms with Gasteiger partial charge in [0.2, 0.25) is 0 Å². The fraction of sp³-hybridized carbons (Fsp3) is 1.00. The SMILES string of the molecule is O=[As](O)(O)OCCCl. The molecule has 0 amide bonds. The summed E-state index contributed by atoms with van der Waals surface area (Å²) in [6.07, 6.45) is 0. The zero-order valence-electron chi connectivity index (χ0n) is 3.95. The van der Waals surface area contributed by atoms with Gasteiger partial charge in [-0.1, -0.05) is 0 Å². The molecule has 0 saturated carbocycles. The van der Waals surface area contributed by atoms with Crippen LogP contribution in [0.2, 0.25) is 0 Å². The van der Waals surface area contributed by atoms with Gasteiger partial charge >= 0.3 is 54.3 Å². The average molecular weight is 204 g/mol. The molecule has 0 atom stereocenters. The molecule has 0 unspecified atom stereocenters. The van der Waals surface area contributed by atoms with Gasteiger partial charge in [0, 0.05) is 0 Å². The molecule has 0 rings (SSSR count). The summed E-state index contributed by atoms with van der Waals surface area (Å²) in [5, 5.41) is 0. The molecule has 0 aromatic rings. The van der Waals surface area contributed by atoms with E-state index in [2.05, 4.69) is 3.73 Å². The molecule has 8 heavy (non-hydrogen) atoms. The summed E-state index contributed by atoms with van der Waals surface area (Å²) < 4.78 is 29.9. The molecule has 4 nitrogen and oxygen atoms in total. The first kappa shape index (κ1) is 8.53. The summed E-state index contributed by atoms with van der Waals surface area (Å²) in [6, 6.07) is 0. The van der Waals surface area contributed by atoms with Crippen LogP contribution in [0.3, 0.4) is 0 Å². The molecule has 6 heteroatoms. The summed E-state index contributed by atoms with van der Waals surface area (Å²) in [4.78, 5) is 0. The third kappa shape index (κ3) is 6.53. The van der Waals surface area contributed by atoms with Crippen LogP contribution in [-0.2, 0) is 7.47 Å². The summed E-state index contributed by atoms with van der Waals surface area (Å²) in [7, 11) is 0. The van der Waals surface area contributed by atoms with Crippen molar-refractivity contribution in [3.05, 3.63) is 0 Å². The first-order chi connectivity index (χ1) is 3.56. The average Bonchev–Trinajstić information content (AvgIpc) is 1.59. The van der Waals surface area contributed by atoms with Gasteiger partial charge in [-0.25, -0.2) is 0 Å². The van der Waals surface area contributed by atoms with Crippen LogP contribution in [0.4, 0.5) is 0 Å². The molecular weight excluding hydrogens is 198 g/mol. The molecule has 0 aliphatic carbocycles. The Kier molecular flexibility index (Phi) is 3.77. The maximum atomic E-state index is 9.86. The van der Waals surface area contributed by atoms with Crippen molar-refractivity contribution in [1.82, 2.24) is 0 Å². The van der Waals surface area contributed by atoms with E-state index in [4.69, 9.17) is 19.8 Å². The van der Waals surface area contributed by atoms with Gasteiger partial charge in [0.1, 0.15) is 0 Å². The minimum absolute atomic E-state index is 0.0922. The van der Waals surface area contributed by atoms with Crippen molar-refractivity contribution >= 4 is 26.1 Å². The molecule has 0 fully saturated rings. The van der Waals surface area contributed by atoms with E-state index in [0.29, 0.717) is 0 Å². The van der Waals surface area contributed by atoms with Crippen molar-refractivity contribution < 1.29 is 15.7 Å². The zero-order chi connectivity index (χ0) is 6.62. The van der Waals surface area contributed by atoms with Gasteiger partial charge in [0.25, 0.3) is 0 Å². The van der Waals surface area contributed by atoms with Crippen molar-refractivity contribution in [2.24, 2.45) is 0 Å². The number of alkyl halides is 1. The van der Waals surface area contributed by atoms with Gasteiger partial charge in [-0.15, -0.1) is 0 Å². The number of rotatable bonds is 3. The van der Waals surface area contributed by atoms with Gasteiger partial charge in [-0.2, -0.15) is 0 Å². The van der Waals surface area contributed by atoms with Gasteiger partial charge in [0.15, 0.2) is 0 Å². The first-order valence-corrected chi connectivity index (χ1v) is 5.57. The molecule has 0 radical (unpaired) electrons. The van der Waals surface area contributed by atoms with E-state index < -0.39 is 14.5 Å². The Bertz CT molecular complexity index is 98.2. The van der Waals surface area contributed by atoms with Crippen LogP contribution in [0.1, 0.15) is 0 Å². The normalized spacial score (nSPS) is 11.9. The van der Waals surface area contributed by atoms with Crippen molar-refractivity contribution in [2.75, 3.05) is 12.5 Å². The van der Waals surface area contributed by atoms with E-state index in [1.807, 2.05) is 0 Å². The van der Waals surface area contributed by atoms with Crippen LogP contribution >= 0.6 is 11.6 Å². The van der Waals surface area contributed by atoms with Crippen LogP contribution < -0.4 is 0 Å². The molecule has 0 aliphatic rings. The van der Waals surface area contributed by atoms with Crippen LogP contribution in [0, 0.1) is 0 Å². The molecular formula is C2H6AsClO4. The Morgan fingerprint density at radius 2 is 2.12 bits per heavy atom. The first-order valence-electron chi connectivity index (χ1n) is 1.82. The summed E-state index contributed by atoms with van der Waals surface area (Å²) >= 11 is 0.244. The molecule has 50 valence electrons. The molecule has 0 saturated heterocycles. The van der Waals surface area contributed by atoms with Gasteiger partial charge < -0.3 is 0 Å². The molecule has 0 heterocycles. The van der Waals surface area contributed by atoms with Crippen molar-refractivity contribution in [3.63, 3.8) is 0 Å². The Morgan fingerprint density at radius 1 is 1.62 bits per heavy atom. The predicted octanol–water partition coefficient (Wildman–Crippen LogP) is -0.908. The second kappa shape index (κ2) is 3.53. The summed E-state index contributed by atoms with van der Waals surface area (Å²) in [5.41, 5.74) is 0. The van der Waals surface area contributed by atoms with Crippen LogP contribution in [0.25, 0.3) is 0 Å². The topological polar surface area (TPSA) is 66.8 Å². The summed E-state index contributed by atoms with van der Waals surface area (Å²) in [5.74, 6) is 0.104. The number of hydrogen-bond donors (Lipinski definition) is 2. The van der Waals surface area contributed by atoms with Crippen LogP contribution in [0.5, 0.6) is 0 Å². The van der Waals surface area contributed by atoms with E-state index >= 15 is 0 Å². The van der Waals surface area contributed by atoms with Gasteiger partial charge in [-0.05, 0) is 0 Å². The maximum absolute atomic E-state index is 9.86. The zero-order valence-corrected chi connectivity index (χ0v) is 6.58. The minimum atomic E-state index is -4.80. The van der Waals surface area contributed by atoms with E-state index in [1.54, 1.807) is 0 Å². The van der Waals surface area contributed by atoms with Crippen molar-refractivity contribution in [1.29, 1.82) is 0 Å². The standard InChI is InChI=1S/C2H6AsClO4/c4-1-2-8-3(5,6)7/h1-2H2,(H2,5,6,7). The molecule has 0 aromatic heterocycles. The molecule has 0 bridgehead atoms. The quantitative estimate of drug-likeness (QED) is 0.461. The fourth-order valence-electron chi connectivity index (χ4n) is 0.153. The number of hydrogen-bond acceptors (Lipinski definition) is 2. The Balaban J connectivity index is 3.26. The Morgan fingerprint density at radius 3 is 2.25 bits per heavy atom. The van der Waals surface area contributed by atoms with E-state index in [0.717, 1.165) is 0 Å². The van der Waals surface area contributed by atoms with Gasteiger partial charge in [-0.3, -0.25) is 0 Å². The third-order valence-electron chi connectivity index (χ3n) is 0.337. The van der Waals surface area contributed by atoms with Crippen molar-refractivity contribution in [3.8, 4) is 0 Å². The molecule has 0 spiro atoms. The fourth-order valence-corrected chi connectivity index (χ4v) is 1.16. The van der Waals surface area contributed by atoms with E-state index in [1.165, 1.54) is 0 Å². The predicted molar refractivity (Wildman–Crippen MR) is 27.6 cm³/mol.